The molecule has 0 N–H and O–H groups in total. The highest BCUT2D eigenvalue weighted by Gasteiger charge is 2.19. The number of hydrogen-bond donors (Lipinski definition) is 0. The van der Waals surface area contributed by atoms with Gasteiger partial charge in [0.05, 0.1) is 0 Å². The molecular weight excluding hydrogens is 709 g/mol. The van der Waals surface area contributed by atoms with Crippen LogP contribution in [0.2, 0.25) is 0 Å². The molecule has 0 aromatic heterocycles. The Morgan fingerprint density at radius 1 is 0.351 bits per heavy atom. The van der Waals surface area contributed by atoms with Gasteiger partial charge in [-0.2, -0.15) is 0 Å². The van der Waals surface area contributed by atoms with Gasteiger partial charge in [-0.3, -0.25) is 14.4 Å². The van der Waals surface area contributed by atoms with Gasteiger partial charge in [-0.05, 0) is 57.8 Å². The molecule has 0 fully saturated rings. The van der Waals surface area contributed by atoms with Crippen LogP contribution in [0.1, 0.15) is 239 Å². The summed E-state index contributed by atoms with van der Waals surface area (Å²) in [5.41, 5.74) is 0. The Hall–Kier alpha value is -2.63. The molecule has 0 aliphatic heterocycles. The Balaban J connectivity index is 4.43. The third kappa shape index (κ3) is 44.3. The Kier molecular flexibility index (Phi) is 43.9. The third-order valence-corrected chi connectivity index (χ3v) is 10.3. The van der Waals surface area contributed by atoms with Crippen LogP contribution in [0.25, 0.3) is 0 Å². The fourth-order valence-corrected chi connectivity index (χ4v) is 6.67. The van der Waals surface area contributed by atoms with Crippen molar-refractivity contribution in [1.82, 2.24) is 0 Å². The summed E-state index contributed by atoms with van der Waals surface area (Å²) in [5, 5.41) is 0. The van der Waals surface area contributed by atoms with E-state index in [-0.39, 0.29) is 37.5 Å². The van der Waals surface area contributed by atoms with Crippen LogP contribution in [0, 0.1) is 0 Å². The van der Waals surface area contributed by atoms with Crippen molar-refractivity contribution in [2.45, 2.75) is 245 Å². The van der Waals surface area contributed by atoms with Gasteiger partial charge in [-0.1, -0.05) is 211 Å². The summed E-state index contributed by atoms with van der Waals surface area (Å²) in [6.07, 6.45) is 53.8. The van der Waals surface area contributed by atoms with E-state index in [1.165, 1.54) is 128 Å². The van der Waals surface area contributed by atoms with Crippen LogP contribution >= 0.6 is 0 Å². The van der Waals surface area contributed by atoms with Gasteiger partial charge in [0.2, 0.25) is 0 Å². The number of carbonyl (C=O) groups excluding carboxylic acids is 3. The van der Waals surface area contributed by atoms with E-state index in [1.54, 1.807) is 0 Å². The standard InChI is InChI=1S/C51H90O6/c1-4-7-10-13-16-19-22-24-25-26-27-28-30-32-35-38-41-44-50(53)56-47-48(46-55-49(52)43-40-37-34-31-21-18-15-12-9-6-3)57-51(54)45-42-39-36-33-29-23-20-17-14-11-8-5-2/h16,19,24-25,27-28,32,35,48H,4-15,17-18,20-23,26,29-31,33-34,36-47H2,1-3H3/b19-16-,25-24-,28-27-,35-32-. The van der Waals surface area contributed by atoms with Crippen molar-refractivity contribution < 1.29 is 28.6 Å². The Morgan fingerprint density at radius 3 is 1.05 bits per heavy atom. The number of rotatable bonds is 43. The fourth-order valence-electron chi connectivity index (χ4n) is 6.67. The van der Waals surface area contributed by atoms with Crippen molar-refractivity contribution in [2.24, 2.45) is 0 Å². The van der Waals surface area contributed by atoms with Gasteiger partial charge in [-0.25, -0.2) is 0 Å². The first-order chi connectivity index (χ1) is 28.0. The molecule has 0 amide bonds. The lowest BCUT2D eigenvalue weighted by molar-refractivity contribution is -0.167. The van der Waals surface area contributed by atoms with E-state index in [9.17, 15) is 14.4 Å². The minimum atomic E-state index is -0.788. The summed E-state index contributed by atoms with van der Waals surface area (Å²) in [7, 11) is 0. The van der Waals surface area contributed by atoms with Crippen LogP contribution in [0.5, 0.6) is 0 Å². The second kappa shape index (κ2) is 46.1. The van der Waals surface area contributed by atoms with Crippen molar-refractivity contribution >= 4 is 17.9 Å². The average molecular weight is 799 g/mol. The van der Waals surface area contributed by atoms with Crippen LogP contribution in [0.4, 0.5) is 0 Å². The minimum Gasteiger partial charge on any atom is -0.462 e. The smallest absolute Gasteiger partial charge is 0.306 e. The number of carbonyl (C=O) groups is 3. The summed E-state index contributed by atoms with van der Waals surface area (Å²) >= 11 is 0. The fraction of sp³-hybridized carbons (Fsp3) is 0.784. The zero-order chi connectivity index (χ0) is 41.5. The maximum absolute atomic E-state index is 12.7. The molecule has 0 radical (unpaired) electrons. The molecule has 0 bridgehead atoms. The van der Waals surface area contributed by atoms with Gasteiger partial charge in [0.25, 0.3) is 0 Å². The second-order valence-electron chi connectivity index (χ2n) is 16.0. The molecule has 57 heavy (non-hydrogen) atoms. The number of ether oxygens (including phenoxy) is 3. The molecule has 0 aromatic carbocycles. The molecule has 1 unspecified atom stereocenters. The number of allylic oxidation sites excluding steroid dienone is 8. The molecule has 0 saturated heterocycles. The topological polar surface area (TPSA) is 78.9 Å². The van der Waals surface area contributed by atoms with Crippen molar-refractivity contribution in [3.05, 3.63) is 48.6 Å². The van der Waals surface area contributed by atoms with Crippen molar-refractivity contribution in [1.29, 1.82) is 0 Å². The average Bonchev–Trinajstić information content (AvgIpc) is 3.21. The quantitative estimate of drug-likeness (QED) is 0.0265. The maximum atomic E-state index is 12.7. The summed E-state index contributed by atoms with van der Waals surface area (Å²) in [6, 6.07) is 0. The Labute approximate surface area is 352 Å². The molecule has 0 aliphatic rings. The van der Waals surface area contributed by atoms with Crippen LogP contribution in [-0.4, -0.2) is 37.2 Å². The first-order valence-electron chi connectivity index (χ1n) is 24.1. The largest absolute Gasteiger partial charge is 0.462 e. The van der Waals surface area contributed by atoms with Crippen molar-refractivity contribution in [3.8, 4) is 0 Å². The lowest BCUT2D eigenvalue weighted by Gasteiger charge is -2.18. The Morgan fingerprint density at radius 2 is 0.649 bits per heavy atom. The zero-order valence-electron chi connectivity index (χ0n) is 37.6. The lowest BCUT2D eigenvalue weighted by Crippen LogP contribution is -2.30. The van der Waals surface area contributed by atoms with E-state index in [2.05, 4.69) is 69.4 Å². The molecule has 0 aromatic rings. The van der Waals surface area contributed by atoms with E-state index >= 15 is 0 Å². The maximum Gasteiger partial charge on any atom is 0.306 e. The van der Waals surface area contributed by atoms with Crippen LogP contribution in [0.15, 0.2) is 48.6 Å². The molecule has 0 rings (SSSR count). The summed E-state index contributed by atoms with van der Waals surface area (Å²) in [5.74, 6) is -0.944. The number of unbranched alkanes of at least 4 members (excludes halogenated alkanes) is 24. The summed E-state index contributed by atoms with van der Waals surface area (Å²) in [4.78, 5) is 37.8. The molecule has 330 valence electrons. The Bertz CT molecular complexity index is 1010. The molecule has 0 saturated carbocycles. The highest BCUT2D eigenvalue weighted by molar-refractivity contribution is 5.71. The SMILES string of the molecule is CCCCC/C=C\C/C=C\C/C=C\C/C=C\CCCC(=O)OCC(COC(=O)CCCCCCCCCCCC)OC(=O)CCCCCCCCCCCCCC. The normalized spacial score (nSPS) is 12.4. The first kappa shape index (κ1) is 54.4. The molecule has 0 spiro atoms. The van der Waals surface area contributed by atoms with E-state index in [0.717, 1.165) is 64.2 Å². The van der Waals surface area contributed by atoms with Crippen LogP contribution in [0.3, 0.4) is 0 Å². The van der Waals surface area contributed by atoms with E-state index in [0.29, 0.717) is 19.3 Å². The van der Waals surface area contributed by atoms with Crippen LogP contribution < -0.4 is 0 Å². The van der Waals surface area contributed by atoms with Gasteiger partial charge >= 0.3 is 17.9 Å². The molecular formula is C51H90O6. The van der Waals surface area contributed by atoms with E-state index in [1.807, 2.05) is 0 Å². The van der Waals surface area contributed by atoms with Gasteiger partial charge in [0, 0.05) is 19.3 Å². The third-order valence-electron chi connectivity index (χ3n) is 10.3. The highest BCUT2D eigenvalue weighted by atomic mass is 16.6. The van der Waals surface area contributed by atoms with E-state index in [4.69, 9.17) is 14.2 Å². The monoisotopic (exact) mass is 799 g/mol. The first-order valence-corrected chi connectivity index (χ1v) is 24.1. The number of esters is 3. The van der Waals surface area contributed by atoms with E-state index < -0.39 is 6.10 Å². The van der Waals surface area contributed by atoms with Gasteiger partial charge in [0.1, 0.15) is 13.2 Å². The lowest BCUT2D eigenvalue weighted by atomic mass is 10.0. The number of hydrogen-bond acceptors (Lipinski definition) is 6. The molecule has 0 heterocycles. The summed E-state index contributed by atoms with van der Waals surface area (Å²) in [6.45, 7) is 6.55. The van der Waals surface area contributed by atoms with Crippen LogP contribution in [-0.2, 0) is 28.6 Å². The minimum absolute atomic E-state index is 0.0870. The molecule has 1 atom stereocenters. The predicted octanol–water partition coefficient (Wildman–Crippen LogP) is 15.5. The molecule has 6 heteroatoms. The van der Waals surface area contributed by atoms with Gasteiger partial charge in [0.15, 0.2) is 6.10 Å². The molecule has 6 nitrogen and oxygen atoms in total. The van der Waals surface area contributed by atoms with Crippen molar-refractivity contribution in [2.75, 3.05) is 13.2 Å². The van der Waals surface area contributed by atoms with Gasteiger partial charge in [-0.15, -0.1) is 0 Å². The summed E-state index contributed by atoms with van der Waals surface area (Å²) < 4.78 is 16.7. The zero-order valence-corrected chi connectivity index (χ0v) is 37.6. The molecule has 0 aliphatic carbocycles. The van der Waals surface area contributed by atoms with Gasteiger partial charge < -0.3 is 14.2 Å². The van der Waals surface area contributed by atoms with Crippen molar-refractivity contribution in [3.63, 3.8) is 0 Å². The predicted molar refractivity (Wildman–Crippen MR) is 242 cm³/mol. The highest BCUT2D eigenvalue weighted by Crippen LogP contribution is 2.15. The second-order valence-corrected chi connectivity index (χ2v) is 16.0.